The Morgan fingerprint density at radius 2 is 2.17 bits per heavy atom. The van der Waals surface area contributed by atoms with Crippen LogP contribution in [-0.4, -0.2) is 53.0 Å². The number of aryl methyl sites for hydroxylation is 1. The first kappa shape index (κ1) is 28.7. The second-order valence-electron chi connectivity index (χ2n) is 10.4. The monoisotopic (exact) mass is 565 g/mol. The van der Waals surface area contributed by atoms with E-state index in [0.29, 0.717) is 53.2 Å². The minimum Gasteiger partial charge on any atom is -0.489 e. The molecule has 42 heavy (non-hydrogen) atoms. The minimum absolute atomic E-state index is 0.0984. The molecule has 3 aromatic rings. The molecule has 1 saturated heterocycles. The normalized spacial score (nSPS) is 18.4. The van der Waals surface area contributed by atoms with Crippen molar-refractivity contribution in [1.29, 1.82) is 5.41 Å². The maximum Gasteiger partial charge on any atom is 0.172 e. The van der Waals surface area contributed by atoms with Gasteiger partial charge in [-0.2, -0.15) is 0 Å². The summed E-state index contributed by atoms with van der Waals surface area (Å²) in [6.07, 6.45) is 12.1. The van der Waals surface area contributed by atoms with Crippen molar-refractivity contribution < 1.29 is 14.3 Å². The predicted molar refractivity (Wildman–Crippen MR) is 166 cm³/mol. The Morgan fingerprint density at radius 3 is 2.95 bits per heavy atom. The quantitative estimate of drug-likeness (QED) is 0.0959. The number of carbonyl (C=O) groups excluding carboxylic acids is 1. The van der Waals surface area contributed by atoms with Gasteiger partial charge in [0, 0.05) is 43.4 Å². The van der Waals surface area contributed by atoms with Crippen LogP contribution in [0.2, 0.25) is 0 Å². The van der Waals surface area contributed by atoms with Gasteiger partial charge in [-0.1, -0.05) is 13.2 Å². The van der Waals surface area contributed by atoms with Crippen LogP contribution in [0.5, 0.6) is 11.5 Å². The zero-order chi connectivity index (χ0) is 29.5. The van der Waals surface area contributed by atoms with Crippen LogP contribution in [0.4, 0.5) is 17.3 Å². The van der Waals surface area contributed by atoms with Gasteiger partial charge in [-0.05, 0) is 74.1 Å². The number of benzene rings is 1. The number of ether oxygens (including phenoxy) is 2. The Balaban J connectivity index is 1.38. The molecule has 0 radical (unpaired) electrons. The summed E-state index contributed by atoms with van der Waals surface area (Å²) in [4.78, 5) is 32.0. The topological polar surface area (TPSA) is 126 Å². The van der Waals surface area contributed by atoms with Crippen LogP contribution in [0.3, 0.4) is 0 Å². The van der Waals surface area contributed by atoms with Gasteiger partial charge >= 0.3 is 0 Å². The molecule has 0 spiro atoms. The highest BCUT2D eigenvalue weighted by Gasteiger charge is 2.33. The highest BCUT2D eigenvalue weighted by atomic mass is 16.5. The Labute approximate surface area is 245 Å². The lowest BCUT2D eigenvalue weighted by atomic mass is 9.85. The van der Waals surface area contributed by atoms with Crippen LogP contribution < -0.4 is 19.7 Å². The molecule has 1 aromatic carbocycles. The fraction of sp³-hybridized carbons (Fsp3) is 0.312. The van der Waals surface area contributed by atoms with E-state index >= 15 is 0 Å². The maximum absolute atomic E-state index is 11.9. The number of pyridine rings is 1. The van der Waals surface area contributed by atoms with Crippen molar-refractivity contribution in [3.05, 3.63) is 73.3 Å². The van der Waals surface area contributed by atoms with E-state index in [0.717, 1.165) is 61.5 Å². The fourth-order valence-electron chi connectivity index (χ4n) is 5.48. The molecule has 2 aromatic heterocycles. The van der Waals surface area contributed by atoms with Crippen molar-refractivity contribution in [1.82, 2.24) is 15.0 Å². The Kier molecular flexibility index (Phi) is 9.01. The summed E-state index contributed by atoms with van der Waals surface area (Å²) in [5.41, 5.74) is 3.09. The second kappa shape index (κ2) is 13.2. The molecule has 5 rings (SSSR count). The highest BCUT2D eigenvalue weighted by Crippen LogP contribution is 2.39. The van der Waals surface area contributed by atoms with Gasteiger partial charge in [0.15, 0.2) is 23.2 Å². The van der Waals surface area contributed by atoms with Gasteiger partial charge in [0.25, 0.3) is 0 Å². The van der Waals surface area contributed by atoms with Crippen molar-refractivity contribution >= 4 is 46.7 Å². The molecule has 1 unspecified atom stereocenters. The average Bonchev–Trinajstić information content (AvgIpc) is 3.31. The summed E-state index contributed by atoms with van der Waals surface area (Å²) in [6, 6.07) is 7.70. The number of allylic oxidation sites excluding steroid dienone is 3. The van der Waals surface area contributed by atoms with Gasteiger partial charge in [-0.3, -0.25) is 10.2 Å². The van der Waals surface area contributed by atoms with Gasteiger partial charge < -0.3 is 19.7 Å². The van der Waals surface area contributed by atoms with Crippen LogP contribution in [0, 0.1) is 24.2 Å². The summed E-state index contributed by atoms with van der Waals surface area (Å²) < 4.78 is 12.3. The number of fused-ring (bicyclic) bond motifs is 5. The number of hydrogen-bond acceptors (Lipinski definition) is 9. The second-order valence-corrected chi connectivity index (χ2v) is 10.4. The fourth-order valence-corrected chi connectivity index (χ4v) is 5.48. The number of anilines is 3. The van der Waals surface area contributed by atoms with E-state index in [4.69, 9.17) is 19.9 Å². The van der Waals surface area contributed by atoms with Crippen LogP contribution in [0.25, 0.3) is 11.0 Å². The predicted octanol–water partition coefficient (Wildman–Crippen LogP) is 5.96. The van der Waals surface area contributed by atoms with Crippen LogP contribution >= 0.6 is 0 Å². The van der Waals surface area contributed by atoms with E-state index < -0.39 is 0 Å². The molecule has 2 atom stereocenters. The van der Waals surface area contributed by atoms with Crippen molar-refractivity contribution in [2.45, 2.75) is 32.6 Å². The van der Waals surface area contributed by atoms with Gasteiger partial charge in [0.2, 0.25) is 0 Å². The summed E-state index contributed by atoms with van der Waals surface area (Å²) in [5.74, 6) is 4.16. The summed E-state index contributed by atoms with van der Waals surface area (Å²) in [5, 5.41) is 10.4. The summed E-state index contributed by atoms with van der Waals surface area (Å²) >= 11 is 0. The van der Waals surface area contributed by atoms with Crippen molar-refractivity contribution in [2.24, 2.45) is 16.8 Å². The van der Waals surface area contributed by atoms with Crippen LogP contribution in [0.1, 0.15) is 31.2 Å². The van der Waals surface area contributed by atoms with Crippen LogP contribution in [-0.2, 0) is 4.79 Å². The molecular formula is C32H35N7O3. The first-order valence-corrected chi connectivity index (χ1v) is 14.1. The minimum atomic E-state index is 0.0984. The third-order valence-electron chi connectivity index (χ3n) is 7.69. The highest BCUT2D eigenvalue weighted by molar-refractivity contribution is 5.90. The van der Waals surface area contributed by atoms with E-state index in [1.807, 2.05) is 31.2 Å². The Hall–Kier alpha value is -4.86. The number of ketones is 1. The van der Waals surface area contributed by atoms with Crippen molar-refractivity contribution in [3.63, 3.8) is 0 Å². The van der Waals surface area contributed by atoms with Gasteiger partial charge in [0.05, 0.1) is 12.1 Å². The third-order valence-corrected chi connectivity index (χ3v) is 7.69. The lowest BCUT2D eigenvalue weighted by Gasteiger charge is -2.25. The third kappa shape index (κ3) is 6.54. The molecule has 10 heteroatoms. The smallest absolute Gasteiger partial charge is 0.172 e. The average molecular weight is 566 g/mol. The van der Waals surface area contributed by atoms with Crippen molar-refractivity contribution in [3.8, 4) is 11.5 Å². The number of carbonyl (C=O) groups is 1. The molecule has 0 amide bonds. The molecule has 2 N–H and O–H groups in total. The number of aliphatic imine (C=N–C) groups is 1. The molecule has 10 nitrogen and oxygen atoms in total. The van der Waals surface area contributed by atoms with E-state index in [9.17, 15) is 4.79 Å². The van der Waals surface area contributed by atoms with Gasteiger partial charge in [-0.15, -0.1) is 0 Å². The Bertz CT molecular complexity index is 1570. The molecule has 0 saturated carbocycles. The summed E-state index contributed by atoms with van der Waals surface area (Å²) in [6.45, 7) is 11.6. The molecule has 2 aliphatic rings. The van der Waals surface area contributed by atoms with E-state index in [-0.39, 0.29) is 5.78 Å². The molecule has 4 heterocycles. The molecule has 216 valence electrons. The first-order chi connectivity index (χ1) is 20.5. The molecule has 1 fully saturated rings. The van der Waals surface area contributed by atoms with E-state index in [1.54, 1.807) is 12.2 Å². The van der Waals surface area contributed by atoms with E-state index in [2.05, 4.69) is 38.3 Å². The molecule has 2 bridgehead atoms. The van der Waals surface area contributed by atoms with E-state index in [1.165, 1.54) is 18.6 Å². The van der Waals surface area contributed by atoms with Gasteiger partial charge in [0.1, 0.15) is 29.7 Å². The van der Waals surface area contributed by atoms with Crippen LogP contribution in [0.15, 0.2) is 72.7 Å². The largest absolute Gasteiger partial charge is 0.489 e. The first-order valence-electron chi connectivity index (χ1n) is 14.1. The number of hydrogen-bond donors (Lipinski definition) is 2. The van der Waals surface area contributed by atoms with Gasteiger partial charge in [-0.25, -0.2) is 19.9 Å². The number of nitrogens with zero attached hydrogens (tertiary/aromatic N) is 5. The number of nitrogens with one attached hydrogen (secondary N) is 2. The molecule has 2 aliphatic heterocycles. The molecular weight excluding hydrogens is 530 g/mol. The SMILES string of the molecule is C=CC(=O)CCC1CCCN2C[C@@H]1COc1cc3ncnc(Nc4ccc(O/C(C=C)=C/C=NC=N)c(C)c4)c3nc12. The lowest BCUT2D eigenvalue weighted by molar-refractivity contribution is -0.115. The lowest BCUT2D eigenvalue weighted by Crippen LogP contribution is -2.31. The standard InChI is InChI=1S/C32H35N7O3/c1-4-25(40)10-8-22-7-6-14-39-17-23(22)18-41-29-16-27-30(38-32(29)39)31(36-20-35-27)37-24-9-11-28(21(3)15-24)42-26(5-2)12-13-34-19-33/h4-5,9,11-13,15-16,19-20,22-23,33H,1-2,6-8,10,14,17-18H2,3H3,(H,35,36,37)/b26-12+,33-19?,34-13?/t22?,23-/m1/s1. The number of aromatic nitrogens is 3. The summed E-state index contributed by atoms with van der Waals surface area (Å²) in [7, 11) is 0. The molecule has 0 aliphatic carbocycles. The maximum atomic E-state index is 11.9. The Morgan fingerprint density at radius 1 is 1.29 bits per heavy atom. The zero-order valence-corrected chi connectivity index (χ0v) is 23.8. The zero-order valence-electron chi connectivity index (χ0n) is 23.8. The number of rotatable bonds is 11. The van der Waals surface area contributed by atoms with Crippen molar-refractivity contribution in [2.75, 3.05) is 29.9 Å².